The Hall–Kier alpha value is -2.43. The third-order valence-electron chi connectivity index (χ3n) is 4.26. The highest BCUT2D eigenvalue weighted by Crippen LogP contribution is 2.15. The van der Waals surface area contributed by atoms with Crippen LogP contribution in [0.5, 0.6) is 0 Å². The van der Waals surface area contributed by atoms with Crippen molar-refractivity contribution in [1.82, 2.24) is 0 Å². The maximum absolute atomic E-state index is 12.4. The first kappa shape index (κ1) is 22.6. The summed E-state index contributed by atoms with van der Waals surface area (Å²) in [4.78, 5) is 35.4. The van der Waals surface area contributed by atoms with Crippen molar-refractivity contribution in [2.75, 3.05) is 13.2 Å². The Labute approximate surface area is 161 Å². The van der Waals surface area contributed by atoms with Crippen LogP contribution >= 0.6 is 0 Å². The number of benzene rings is 1. The van der Waals surface area contributed by atoms with Crippen molar-refractivity contribution in [1.29, 1.82) is 0 Å². The van der Waals surface area contributed by atoms with E-state index in [1.54, 1.807) is 24.3 Å². The van der Waals surface area contributed by atoms with Gasteiger partial charge in [-0.05, 0) is 19.3 Å². The van der Waals surface area contributed by atoms with Crippen LogP contribution in [0.4, 0.5) is 0 Å². The van der Waals surface area contributed by atoms with Crippen molar-refractivity contribution in [3.8, 4) is 0 Å². The molecule has 0 saturated carbocycles. The van der Waals surface area contributed by atoms with Gasteiger partial charge in [-0.1, -0.05) is 69.5 Å². The van der Waals surface area contributed by atoms with Crippen LogP contribution in [0.1, 0.15) is 62.2 Å². The van der Waals surface area contributed by atoms with Crippen LogP contribution in [0, 0.1) is 5.92 Å². The van der Waals surface area contributed by atoms with Gasteiger partial charge in [0.2, 0.25) is 0 Å². The fourth-order valence-electron chi connectivity index (χ4n) is 2.68. The summed E-state index contributed by atoms with van der Waals surface area (Å²) in [6.07, 6.45) is 7.26. The number of Topliss-reactive ketones (excluding diaryl/α,β-unsaturated/α-hetero) is 1. The predicted molar refractivity (Wildman–Crippen MR) is 104 cm³/mol. The van der Waals surface area contributed by atoms with E-state index < -0.39 is 11.9 Å². The molecule has 0 heterocycles. The monoisotopic (exact) mass is 374 g/mol. The molecular formula is C22H30O5. The van der Waals surface area contributed by atoms with Crippen molar-refractivity contribution in [2.24, 2.45) is 5.92 Å². The minimum absolute atomic E-state index is 0.180. The number of hydrogen-bond donors (Lipinski definition) is 0. The number of esters is 2. The molecule has 148 valence electrons. The van der Waals surface area contributed by atoms with Crippen LogP contribution in [0.15, 0.2) is 43.0 Å². The number of ether oxygens (including phenoxy) is 2. The smallest absolute Gasteiger partial charge is 0.330 e. The van der Waals surface area contributed by atoms with Crippen LogP contribution in [-0.4, -0.2) is 30.9 Å². The maximum atomic E-state index is 12.4. The summed E-state index contributed by atoms with van der Waals surface area (Å²) >= 11 is 0. The van der Waals surface area contributed by atoms with E-state index in [1.807, 2.05) is 13.0 Å². The lowest BCUT2D eigenvalue weighted by Crippen LogP contribution is -2.26. The first-order valence-corrected chi connectivity index (χ1v) is 9.65. The van der Waals surface area contributed by atoms with Gasteiger partial charge in [-0.3, -0.25) is 9.59 Å². The molecule has 0 aliphatic heterocycles. The Morgan fingerprint density at radius 2 is 1.48 bits per heavy atom. The molecule has 1 atom stereocenters. The number of carbonyl (C=O) groups is 3. The molecule has 0 aliphatic carbocycles. The van der Waals surface area contributed by atoms with Gasteiger partial charge in [0.05, 0.1) is 13.2 Å². The molecule has 5 nitrogen and oxygen atoms in total. The molecule has 1 aromatic carbocycles. The van der Waals surface area contributed by atoms with E-state index in [-0.39, 0.29) is 11.8 Å². The minimum atomic E-state index is -0.731. The van der Waals surface area contributed by atoms with Crippen molar-refractivity contribution in [3.05, 3.63) is 48.6 Å². The normalized spacial score (nSPS) is 11.4. The summed E-state index contributed by atoms with van der Waals surface area (Å²) in [6.45, 7) is 5.93. The molecule has 0 N–H and O–H groups in total. The van der Waals surface area contributed by atoms with Gasteiger partial charge in [0.15, 0.2) is 5.78 Å². The molecule has 1 rings (SSSR count). The number of rotatable bonds is 14. The molecular weight excluding hydrogens is 344 g/mol. The van der Waals surface area contributed by atoms with Crippen molar-refractivity contribution >= 4 is 17.7 Å². The Morgan fingerprint density at radius 1 is 0.926 bits per heavy atom. The van der Waals surface area contributed by atoms with E-state index in [2.05, 4.69) is 6.58 Å². The van der Waals surface area contributed by atoms with Gasteiger partial charge < -0.3 is 9.47 Å². The van der Waals surface area contributed by atoms with E-state index >= 15 is 0 Å². The van der Waals surface area contributed by atoms with Crippen LogP contribution in [0.2, 0.25) is 0 Å². The number of carbonyl (C=O) groups excluding carboxylic acids is 3. The summed E-state index contributed by atoms with van der Waals surface area (Å²) < 4.78 is 10.2. The molecule has 0 radical (unpaired) electrons. The van der Waals surface area contributed by atoms with Gasteiger partial charge in [0.1, 0.15) is 5.92 Å². The lowest BCUT2D eigenvalue weighted by atomic mass is 9.95. The Bertz CT molecular complexity index is 594. The van der Waals surface area contributed by atoms with E-state index in [4.69, 9.17) is 9.47 Å². The zero-order valence-electron chi connectivity index (χ0n) is 16.2. The summed E-state index contributed by atoms with van der Waals surface area (Å²) in [6, 6.07) is 8.85. The summed E-state index contributed by atoms with van der Waals surface area (Å²) in [5.41, 5.74) is 0.542. The molecule has 0 spiro atoms. The summed E-state index contributed by atoms with van der Waals surface area (Å²) in [5.74, 6) is -1.73. The largest absolute Gasteiger partial charge is 0.465 e. The topological polar surface area (TPSA) is 69.7 Å². The minimum Gasteiger partial charge on any atom is -0.465 e. The van der Waals surface area contributed by atoms with Crippen LogP contribution in [0.25, 0.3) is 0 Å². The summed E-state index contributed by atoms with van der Waals surface area (Å²) in [7, 11) is 0. The maximum Gasteiger partial charge on any atom is 0.330 e. The molecule has 0 aliphatic rings. The first-order chi connectivity index (χ1) is 13.1. The molecule has 0 bridgehead atoms. The second-order valence-corrected chi connectivity index (χ2v) is 6.35. The quantitative estimate of drug-likeness (QED) is 0.158. The molecule has 0 saturated heterocycles. The lowest BCUT2D eigenvalue weighted by Gasteiger charge is -2.13. The Morgan fingerprint density at radius 3 is 2.04 bits per heavy atom. The van der Waals surface area contributed by atoms with E-state index in [0.29, 0.717) is 25.2 Å². The van der Waals surface area contributed by atoms with Gasteiger partial charge in [-0.2, -0.15) is 0 Å². The predicted octanol–water partition coefficient (Wildman–Crippen LogP) is 4.51. The third kappa shape index (κ3) is 9.18. The van der Waals surface area contributed by atoms with Crippen molar-refractivity contribution < 1.29 is 23.9 Å². The molecule has 27 heavy (non-hydrogen) atoms. The number of hydrogen-bond acceptors (Lipinski definition) is 5. The van der Waals surface area contributed by atoms with Crippen molar-refractivity contribution in [2.45, 2.75) is 51.9 Å². The first-order valence-electron chi connectivity index (χ1n) is 9.65. The number of ketones is 1. The molecule has 0 amide bonds. The Balaban J connectivity index is 2.13. The average molecular weight is 374 g/mol. The second kappa shape index (κ2) is 13.7. The van der Waals surface area contributed by atoms with Gasteiger partial charge in [0.25, 0.3) is 0 Å². The van der Waals surface area contributed by atoms with Crippen LogP contribution in [0.3, 0.4) is 0 Å². The Kier molecular flexibility index (Phi) is 11.5. The molecule has 1 unspecified atom stereocenters. The molecule has 1 aromatic rings. The van der Waals surface area contributed by atoms with Gasteiger partial charge in [0, 0.05) is 11.6 Å². The standard InChI is InChI=1S/C22H30O5/c1-3-19(21(24)18-14-10-9-11-15-18)22(25)27-17-13-8-6-5-7-12-16-26-20(23)4-2/h4,9-11,14-15,19H,2-3,5-8,12-13,16-17H2,1H3. The van der Waals surface area contributed by atoms with E-state index in [1.165, 1.54) is 0 Å². The second-order valence-electron chi connectivity index (χ2n) is 6.35. The highest BCUT2D eigenvalue weighted by molar-refractivity contribution is 6.08. The van der Waals surface area contributed by atoms with E-state index in [9.17, 15) is 14.4 Å². The van der Waals surface area contributed by atoms with E-state index in [0.717, 1.165) is 44.6 Å². The van der Waals surface area contributed by atoms with Crippen LogP contribution in [-0.2, 0) is 19.1 Å². The third-order valence-corrected chi connectivity index (χ3v) is 4.26. The van der Waals surface area contributed by atoms with Gasteiger partial charge in [-0.25, -0.2) is 4.79 Å². The molecule has 5 heteroatoms. The SMILES string of the molecule is C=CC(=O)OCCCCCCCCOC(=O)C(CC)C(=O)c1ccccc1. The lowest BCUT2D eigenvalue weighted by molar-refractivity contribution is -0.147. The number of unbranched alkanes of at least 4 members (excludes halogenated alkanes) is 5. The van der Waals surface area contributed by atoms with Crippen LogP contribution < -0.4 is 0 Å². The zero-order valence-corrected chi connectivity index (χ0v) is 16.2. The molecule has 0 aromatic heterocycles. The van der Waals surface area contributed by atoms with Gasteiger partial charge in [-0.15, -0.1) is 0 Å². The van der Waals surface area contributed by atoms with Crippen molar-refractivity contribution in [3.63, 3.8) is 0 Å². The highest BCUT2D eigenvalue weighted by atomic mass is 16.5. The molecule has 0 fully saturated rings. The highest BCUT2D eigenvalue weighted by Gasteiger charge is 2.26. The fraction of sp³-hybridized carbons (Fsp3) is 0.500. The van der Waals surface area contributed by atoms with Gasteiger partial charge >= 0.3 is 11.9 Å². The fourth-order valence-corrected chi connectivity index (χ4v) is 2.68. The summed E-state index contributed by atoms with van der Waals surface area (Å²) in [5, 5.41) is 0. The zero-order chi connectivity index (χ0) is 19.9. The average Bonchev–Trinajstić information content (AvgIpc) is 2.70.